The van der Waals surface area contributed by atoms with Gasteiger partial charge in [0.05, 0.1) is 22.4 Å². The van der Waals surface area contributed by atoms with E-state index in [0.717, 1.165) is 67.1 Å². The van der Waals surface area contributed by atoms with Crippen molar-refractivity contribution in [3.8, 4) is 39.2 Å². The summed E-state index contributed by atoms with van der Waals surface area (Å²) in [7, 11) is 0. The van der Waals surface area contributed by atoms with E-state index in [0.29, 0.717) is 12.5 Å². The summed E-state index contributed by atoms with van der Waals surface area (Å²) in [4.78, 5) is 12.1. The minimum Gasteiger partial charge on any atom is -0.309 e. The van der Waals surface area contributed by atoms with E-state index in [2.05, 4.69) is 131 Å². The fourth-order valence-electron chi connectivity index (χ4n) is 7.17. The maximum atomic E-state index is 13.8. The lowest BCUT2D eigenvalue weighted by atomic mass is 9.98. The van der Waals surface area contributed by atoms with E-state index in [1.54, 1.807) is 12.1 Å². The molecule has 8 aromatic rings. The molecule has 2 aromatic heterocycles. The third-order valence-corrected chi connectivity index (χ3v) is 9.71. The van der Waals surface area contributed by atoms with Crippen molar-refractivity contribution in [3.05, 3.63) is 194 Å². The van der Waals surface area contributed by atoms with Gasteiger partial charge in [0.25, 0.3) is 0 Å². The molecule has 4 nitrogen and oxygen atoms in total. The van der Waals surface area contributed by atoms with Crippen LogP contribution in [0.5, 0.6) is 0 Å². The monoisotopic (exact) mass is 672 g/mol. The third kappa shape index (κ3) is 5.68. The zero-order chi connectivity index (χ0) is 35.0. The molecular formula is C47H33FN4. The summed E-state index contributed by atoms with van der Waals surface area (Å²) >= 11 is 0. The van der Waals surface area contributed by atoms with Gasteiger partial charge in [0, 0.05) is 40.3 Å². The van der Waals surface area contributed by atoms with Crippen molar-refractivity contribution < 1.29 is 4.39 Å². The molecule has 9 rings (SSSR count). The average Bonchev–Trinajstić information content (AvgIpc) is 3.56. The molecule has 5 heteroatoms. The number of anilines is 2. The van der Waals surface area contributed by atoms with Crippen molar-refractivity contribution >= 4 is 39.0 Å². The Labute approximate surface area is 301 Å². The Bertz CT molecular complexity index is 2650. The molecule has 1 aliphatic rings. The first-order chi connectivity index (χ1) is 25.6. The molecule has 0 N–H and O–H groups in total. The molecule has 0 fully saturated rings. The van der Waals surface area contributed by atoms with Crippen molar-refractivity contribution in [3.63, 3.8) is 0 Å². The molecule has 0 bridgehead atoms. The highest BCUT2D eigenvalue weighted by atomic mass is 19.1. The number of fused-ring (bicyclic) bond motifs is 4. The molecule has 3 heterocycles. The first kappa shape index (κ1) is 31.2. The van der Waals surface area contributed by atoms with Crippen LogP contribution in [0.2, 0.25) is 0 Å². The second-order valence-electron chi connectivity index (χ2n) is 12.9. The Kier molecular flexibility index (Phi) is 7.86. The normalized spacial score (nSPS) is 14.1. The summed E-state index contributed by atoms with van der Waals surface area (Å²) in [5.74, 6) is 0.364. The quantitative estimate of drug-likeness (QED) is 0.182. The van der Waals surface area contributed by atoms with Crippen molar-refractivity contribution in [2.24, 2.45) is 0 Å². The number of benzene rings is 6. The minimum absolute atomic E-state index is 0.241. The van der Waals surface area contributed by atoms with E-state index >= 15 is 0 Å². The Morgan fingerprint density at radius 1 is 0.596 bits per heavy atom. The van der Waals surface area contributed by atoms with Crippen LogP contribution in [0, 0.1) is 5.82 Å². The Hall–Kier alpha value is -6.85. The topological polar surface area (TPSA) is 34.0 Å². The van der Waals surface area contributed by atoms with E-state index < -0.39 is 0 Å². The lowest BCUT2D eigenvalue weighted by Gasteiger charge is -2.25. The van der Waals surface area contributed by atoms with E-state index in [1.165, 1.54) is 16.8 Å². The highest BCUT2D eigenvalue weighted by Crippen LogP contribution is 2.38. The van der Waals surface area contributed by atoms with Crippen LogP contribution >= 0.6 is 0 Å². The number of allylic oxidation sites excluding steroid dienone is 4. The Morgan fingerprint density at radius 3 is 2.00 bits per heavy atom. The van der Waals surface area contributed by atoms with Gasteiger partial charge in [0.15, 0.2) is 0 Å². The standard InChI is InChI=1S/C47H33FN4/c1-32-11-3-2-8-28-51(44-25-24-39(31-42(32)44)52-45-18-6-4-16-40(45)41-17-5-7-19-46(41)52)47-49-27-26-43(50-47)37-14-9-12-35(29-37)33-20-22-34(23-21-33)36-13-10-15-38(48)30-36/h2-27,29-31H,1,28H2/b8-2-,11-3-. The second-order valence-corrected chi connectivity index (χ2v) is 12.9. The van der Waals surface area contributed by atoms with Crippen LogP contribution in [0.4, 0.5) is 16.0 Å². The second kappa shape index (κ2) is 13.1. The van der Waals surface area contributed by atoms with Gasteiger partial charge in [0.1, 0.15) is 5.82 Å². The van der Waals surface area contributed by atoms with Gasteiger partial charge in [-0.15, -0.1) is 0 Å². The summed E-state index contributed by atoms with van der Waals surface area (Å²) < 4.78 is 16.2. The summed E-state index contributed by atoms with van der Waals surface area (Å²) in [5, 5.41) is 2.45. The van der Waals surface area contributed by atoms with E-state index in [9.17, 15) is 4.39 Å². The van der Waals surface area contributed by atoms with Crippen LogP contribution in [0.3, 0.4) is 0 Å². The van der Waals surface area contributed by atoms with E-state index in [4.69, 9.17) is 9.97 Å². The molecular weight excluding hydrogens is 640 g/mol. The Balaban J connectivity index is 1.09. The number of rotatable bonds is 5. The lowest BCUT2D eigenvalue weighted by molar-refractivity contribution is 0.628. The minimum atomic E-state index is -0.241. The fourth-order valence-corrected chi connectivity index (χ4v) is 7.17. The molecule has 1 aliphatic heterocycles. The van der Waals surface area contributed by atoms with Crippen LogP contribution in [-0.2, 0) is 0 Å². The molecule has 6 aromatic carbocycles. The van der Waals surface area contributed by atoms with Crippen molar-refractivity contribution in [1.29, 1.82) is 0 Å². The fraction of sp³-hybridized carbons (Fsp3) is 0.0213. The van der Waals surface area contributed by atoms with E-state index in [-0.39, 0.29) is 5.82 Å². The van der Waals surface area contributed by atoms with Gasteiger partial charge in [-0.25, -0.2) is 14.4 Å². The first-order valence-electron chi connectivity index (χ1n) is 17.3. The number of halogens is 1. The SMILES string of the molecule is C=C1/C=C\C=C/CN(c2nccc(-c3cccc(-c4ccc(-c5cccc(F)c5)cc4)c3)n2)c2ccc(-n3c4ccccc4c4ccccc43)cc21. The molecule has 0 aliphatic carbocycles. The largest absolute Gasteiger partial charge is 0.309 e. The molecule has 0 spiro atoms. The van der Waals surface area contributed by atoms with Crippen LogP contribution in [0.15, 0.2) is 183 Å². The summed E-state index contributed by atoms with van der Waals surface area (Å²) in [6.45, 7) is 5.07. The van der Waals surface area contributed by atoms with Crippen LogP contribution in [0.25, 0.3) is 66.6 Å². The summed E-state index contributed by atoms with van der Waals surface area (Å²) in [6, 6.07) is 48.9. The van der Waals surface area contributed by atoms with Crippen molar-refractivity contribution in [2.75, 3.05) is 11.4 Å². The number of para-hydroxylation sites is 2. The summed E-state index contributed by atoms with van der Waals surface area (Å²) in [5.41, 5.74) is 12.1. The Morgan fingerprint density at radius 2 is 1.27 bits per heavy atom. The lowest BCUT2D eigenvalue weighted by Crippen LogP contribution is -2.21. The zero-order valence-electron chi connectivity index (χ0n) is 28.3. The number of hydrogen-bond donors (Lipinski definition) is 0. The van der Waals surface area contributed by atoms with Gasteiger partial charge in [-0.2, -0.15) is 0 Å². The van der Waals surface area contributed by atoms with Crippen LogP contribution in [-0.4, -0.2) is 21.1 Å². The van der Waals surface area contributed by atoms with Gasteiger partial charge in [-0.3, -0.25) is 0 Å². The van der Waals surface area contributed by atoms with Gasteiger partial charge in [0.2, 0.25) is 5.95 Å². The number of hydrogen-bond acceptors (Lipinski definition) is 3. The molecule has 0 unspecified atom stereocenters. The van der Waals surface area contributed by atoms with Crippen molar-refractivity contribution in [2.45, 2.75) is 0 Å². The predicted molar refractivity (Wildman–Crippen MR) is 213 cm³/mol. The molecule has 52 heavy (non-hydrogen) atoms. The maximum absolute atomic E-state index is 13.8. The summed E-state index contributed by atoms with van der Waals surface area (Å²) in [6.07, 6.45) is 10.1. The number of nitrogens with zero attached hydrogens (tertiary/aromatic N) is 4. The van der Waals surface area contributed by atoms with Gasteiger partial charge < -0.3 is 9.47 Å². The zero-order valence-corrected chi connectivity index (χ0v) is 28.3. The molecule has 248 valence electrons. The highest BCUT2D eigenvalue weighted by Gasteiger charge is 2.20. The van der Waals surface area contributed by atoms with E-state index in [1.807, 2.05) is 42.6 Å². The van der Waals surface area contributed by atoms with Gasteiger partial charge >= 0.3 is 0 Å². The third-order valence-electron chi connectivity index (χ3n) is 9.71. The van der Waals surface area contributed by atoms with Crippen LogP contribution in [0.1, 0.15) is 5.56 Å². The van der Waals surface area contributed by atoms with Gasteiger partial charge in [-0.05, 0) is 82.4 Å². The van der Waals surface area contributed by atoms with Gasteiger partial charge in [-0.1, -0.05) is 122 Å². The molecule has 0 atom stereocenters. The van der Waals surface area contributed by atoms with Crippen molar-refractivity contribution in [1.82, 2.24) is 14.5 Å². The predicted octanol–water partition coefficient (Wildman–Crippen LogP) is 12.0. The highest BCUT2D eigenvalue weighted by molar-refractivity contribution is 6.09. The molecule has 0 saturated heterocycles. The average molecular weight is 673 g/mol. The molecule has 0 amide bonds. The smallest absolute Gasteiger partial charge is 0.230 e. The maximum Gasteiger partial charge on any atom is 0.230 e. The first-order valence-corrected chi connectivity index (χ1v) is 17.3. The van der Waals surface area contributed by atoms with Crippen LogP contribution < -0.4 is 4.90 Å². The molecule has 0 radical (unpaired) electrons. The molecule has 0 saturated carbocycles. The number of aromatic nitrogens is 3.